The molecule has 4 aromatic rings. The second kappa shape index (κ2) is 14.5. The minimum atomic E-state index is -4.19. The lowest BCUT2D eigenvalue weighted by molar-refractivity contribution is 0.0509. The standard InChI is InChI=1S/C36H45N7O5S/c1-23-11-9-12-24(2)33(23)30-16-32-40-35(39-30)41-49(45,46)29-14-10-13-26(15-29)34(44)43(28(22-48-32)17-36(4,5)6)21-27-18-37-19-31(38-27)42(7)20-25(3)47-8/h9-16,18-19,25,28H,17,20-22H2,1-8H3,(H,39,40,41)/t25-,28+/m0/s1. The molecule has 260 valence electrons. The van der Waals surface area contributed by atoms with Gasteiger partial charge in [0.05, 0.1) is 47.4 Å². The van der Waals surface area contributed by atoms with Crippen LogP contribution in [0.4, 0.5) is 11.8 Å². The van der Waals surface area contributed by atoms with E-state index in [2.05, 4.69) is 40.4 Å². The van der Waals surface area contributed by atoms with Crippen molar-refractivity contribution in [3.63, 3.8) is 0 Å². The van der Waals surface area contributed by atoms with Gasteiger partial charge in [0.2, 0.25) is 11.8 Å². The average Bonchev–Trinajstić information content (AvgIpc) is 3.04. The number of nitrogens with zero attached hydrogens (tertiary/aromatic N) is 6. The van der Waals surface area contributed by atoms with Crippen LogP contribution in [0.15, 0.2) is 65.8 Å². The van der Waals surface area contributed by atoms with E-state index in [1.165, 1.54) is 12.1 Å². The first kappa shape index (κ1) is 35.7. The van der Waals surface area contributed by atoms with Crippen molar-refractivity contribution < 1.29 is 22.7 Å². The van der Waals surface area contributed by atoms with Crippen molar-refractivity contribution in [1.82, 2.24) is 24.8 Å². The van der Waals surface area contributed by atoms with Crippen molar-refractivity contribution >= 4 is 27.7 Å². The quantitative estimate of drug-likeness (QED) is 0.247. The highest BCUT2D eigenvalue weighted by Crippen LogP contribution is 2.32. The van der Waals surface area contributed by atoms with Crippen molar-refractivity contribution in [2.75, 3.05) is 36.9 Å². The molecule has 0 saturated carbocycles. The molecule has 0 aliphatic carbocycles. The molecule has 4 bridgehead atoms. The van der Waals surface area contributed by atoms with E-state index in [-0.39, 0.29) is 52.9 Å². The fourth-order valence-corrected chi connectivity index (χ4v) is 6.92. The summed E-state index contributed by atoms with van der Waals surface area (Å²) in [6.07, 6.45) is 3.85. The van der Waals surface area contributed by atoms with E-state index in [9.17, 15) is 13.2 Å². The molecule has 1 aliphatic heterocycles. The minimum absolute atomic E-state index is 0.0277. The molecule has 0 spiro atoms. The van der Waals surface area contributed by atoms with Crippen LogP contribution >= 0.6 is 0 Å². The number of aryl methyl sites for hydroxylation is 2. The van der Waals surface area contributed by atoms with Crippen LogP contribution in [0.3, 0.4) is 0 Å². The van der Waals surface area contributed by atoms with Crippen molar-refractivity contribution in [3.8, 4) is 17.1 Å². The van der Waals surface area contributed by atoms with Gasteiger partial charge in [0, 0.05) is 37.9 Å². The van der Waals surface area contributed by atoms with E-state index in [4.69, 9.17) is 14.5 Å². The normalized spacial score (nSPS) is 16.8. The molecule has 3 heterocycles. The lowest BCUT2D eigenvalue weighted by atomic mass is 9.87. The molecule has 49 heavy (non-hydrogen) atoms. The maximum atomic E-state index is 14.5. The third-order valence-electron chi connectivity index (χ3n) is 8.36. The number of aromatic nitrogens is 4. The summed E-state index contributed by atoms with van der Waals surface area (Å²) in [7, 11) is -0.619. The van der Waals surface area contributed by atoms with Gasteiger partial charge in [-0.3, -0.25) is 9.78 Å². The zero-order chi connectivity index (χ0) is 35.5. The van der Waals surface area contributed by atoms with Gasteiger partial charge in [-0.2, -0.15) is 4.98 Å². The highest BCUT2D eigenvalue weighted by atomic mass is 32.2. The monoisotopic (exact) mass is 687 g/mol. The van der Waals surface area contributed by atoms with E-state index in [1.54, 1.807) is 42.6 Å². The number of hydrogen-bond acceptors (Lipinski definition) is 10. The first-order chi connectivity index (χ1) is 23.1. The summed E-state index contributed by atoms with van der Waals surface area (Å²) in [5.74, 6) is 0.319. The van der Waals surface area contributed by atoms with Crippen LogP contribution in [-0.4, -0.2) is 78.6 Å². The summed E-state index contributed by atoms with van der Waals surface area (Å²) in [5.41, 5.74) is 3.87. The number of carbonyl (C=O) groups is 1. The highest BCUT2D eigenvalue weighted by molar-refractivity contribution is 7.92. The first-order valence-corrected chi connectivity index (χ1v) is 17.7. The Hall–Kier alpha value is -4.62. The highest BCUT2D eigenvalue weighted by Gasteiger charge is 2.32. The van der Waals surface area contributed by atoms with Crippen molar-refractivity contribution in [1.29, 1.82) is 0 Å². The van der Waals surface area contributed by atoms with E-state index >= 15 is 0 Å². The van der Waals surface area contributed by atoms with Gasteiger partial charge in [-0.15, -0.1) is 0 Å². The Morgan fingerprint density at radius 2 is 1.78 bits per heavy atom. The van der Waals surface area contributed by atoms with Gasteiger partial charge in [0.15, 0.2) is 0 Å². The number of benzene rings is 2. The molecular weight excluding hydrogens is 643 g/mol. The number of nitrogens with one attached hydrogen (secondary N) is 1. The molecule has 0 unspecified atom stereocenters. The smallest absolute Gasteiger partial charge is 0.264 e. The number of sulfonamides is 1. The molecule has 2 atom stereocenters. The van der Waals surface area contributed by atoms with Gasteiger partial charge in [-0.1, -0.05) is 45.0 Å². The largest absolute Gasteiger partial charge is 0.475 e. The van der Waals surface area contributed by atoms with Gasteiger partial charge in [0.25, 0.3) is 15.9 Å². The summed E-state index contributed by atoms with van der Waals surface area (Å²) >= 11 is 0. The molecule has 0 saturated heterocycles. The zero-order valence-corrected chi connectivity index (χ0v) is 30.2. The van der Waals surface area contributed by atoms with Gasteiger partial charge < -0.3 is 19.3 Å². The van der Waals surface area contributed by atoms with Crippen LogP contribution < -0.4 is 14.4 Å². The number of methoxy groups -OCH3 is 1. The third-order valence-corrected chi connectivity index (χ3v) is 9.68. The van der Waals surface area contributed by atoms with Crippen LogP contribution in [0.5, 0.6) is 5.88 Å². The minimum Gasteiger partial charge on any atom is -0.475 e. The van der Waals surface area contributed by atoms with Crippen LogP contribution in [-0.2, 0) is 21.3 Å². The Bertz CT molecular complexity index is 1910. The molecular formula is C36H45N7O5S. The number of fused-ring (bicyclic) bond motifs is 4. The van der Waals surface area contributed by atoms with Gasteiger partial charge in [0.1, 0.15) is 12.4 Å². The SMILES string of the molecule is CO[C@@H](C)CN(C)c1cncc(CN2C(=O)c3cccc(c3)S(=O)(=O)Nc3nc(cc(-c4c(C)cccc4C)n3)OC[C@H]2CC(C)(C)C)n1. The Morgan fingerprint density at radius 1 is 1.06 bits per heavy atom. The second-order valence-corrected chi connectivity index (χ2v) is 15.5. The van der Waals surface area contributed by atoms with Crippen LogP contribution in [0, 0.1) is 19.3 Å². The molecule has 0 radical (unpaired) electrons. The molecule has 2 aromatic carbocycles. The Kier molecular flexibility index (Phi) is 10.5. The predicted octanol–water partition coefficient (Wildman–Crippen LogP) is 5.66. The number of anilines is 2. The van der Waals surface area contributed by atoms with Gasteiger partial charge in [-0.25, -0.2) is 23.1 Å². The topological polar surface area (TPSA) is 140 Å². The maximum Gasteiger partial charge on any atom is 0.264 e. The molecule has 1 N–H and O–H groups in total. The second-order valence-electron chi connectivity index (χ2n) is 13.8. The number of ether oxygens (including phenoxy) is 2. The van der Waals surface area contributed by atoms with Crippen molar-refractivity contribution in [3.05, 3.63) is 83.3 Å². The summed E-state index contributed by atoms with van der Waals surface area (Å²) in [5, 5.41) is 0. The van der Waals surface area contributed by atoms with Crippen LogP contribution in [0.2, 0.25) is 0 Å². The van der Waals surface area contributed by atoms with Crippen molar-refractivity contribution in [2.24, 2.45) is 5.41 Å². The molecule has 2 aromatic heterocycles. The Labute approximate surface area is 289 Å². The van der Waals surface area contributed by atoms with Crippen molar-refractivity contribution in [2.45, 2.75) is 71.5 Å². The summed E-state index contributed by atoms with van der Waals surface area (Å²) in [6, 6.07) is 13.1. The van der Waals surface area contributed by atoms with Crippen LogP contribution in [0.25, 0.3) is 11.3 Å². The Balaban J connectivity index is 1.63. The zero-order valence-electron chi connectivity index (χ0n) is 29.4. The summed E-state index contributed by atoms with van der Waals surface area (Å²) in [6.45, 7) is 13.0. The average molecular weight is 688 g/mol. The fraction of sp³-hybridized carbons (Fsp3) is 0.417. The van der Waals surface area contributed by atoms with E-state index in [1.807, 2.05) is 50.9 Å². The lowest BCUT2D eigenvalue weighted by Gasteiger charge is -2.35. The molecule has 1 amide bonds. The summed E-state index contributed by atoms with van der Waals surface area (Å²) < 4.78 is 41.7. The first-order valence-electron chi connectivity index (χ1n) is 16.2. The lowest BCUT2D eigenvalue weighted by Crippen LogP contribution is -2.45. The Morgan fingerprint density at radius 3 is 2.47 bits per heavy atom. The maximum absolute atomic E-state index is 14.5. The van der Waals surface area contributed by atoms with E-state index in [0.717, 1.165) is 16.7 Å². The number of hydrogen-bond donors (Lipinski definition) is 1. The number of carbonyl (C=O) groups excluding carboxylic acids is 1. The molecule has 5 rings (SSSR count). The molecule has 13 heteroatoms. The van der Waals surface area contributed by atoms with E-state index in [0.29, 0.717) is 30.2 Å². The molecule has 1 aliphatic rings. The predicted molar refractivity (Wildman–Crippen MR) is 189 cm³/mol. The number of likely N-dealkylation sites (N-methyl/N-ethyl adjacent to an activating group) is 1. The number of rotatable bonds is 8. The van der Waals surface area contributed by atoms with E-state index < -0.39 is 16.1 Å². The van der Waals surface area contributed by atoms with Gasteiger partial charge in [-0.05, 0) is 61.9 Å². The number of amides is 1. The van der Waals surface area contributed by atoms with Crippen LogP contribution in [0.1, 0.15) is 61.3 Å². The molecule has 0 fully saturated rings. The van der Waals surface area contributed by atoms with Gasteiger partial charge >= 0.3 is 0 Å². The summed E-state index contributed by atoms with van der Waals surface area (Å²) in [4.78, 5) is 36.4. The third kappa shape index (κ3) is 8.70. The molecule has 12 nitrogen and oxygen atoms in total. The fourth-order valence-electron chi connectivity index (χ4n) is 5.93.